The van der Waals surface area contributed by atoms with E-state index in [1.807, 2.05) is 32.0 Å². The second kappa shape index (κ2) is 11.2. The highest BCUT2D eigenvalue weighted by Crippen LogP contribution is 2.29. The number of anilines is 3. The molecule has 2 N–H and O–H groups in total. The summed E-state index contributed by atoms with van der Waals surface area (Å²) >= 11 is 0. The van der Waals surface area contributed by atoms with E-state index in [1.54, 1.807) is 12.3 Å². The SMILES string of the molecule is CC(C)N=S(C)(=O)Cc1cc2cc(c1)OCCCCCNc1cc(ccc1F)-c1nc(ncc1F)N2. The Balaban J connectivity index is 1.74. The first-order valence-corrected chi connectivity index (χ1v) is 14.1. The zero-order valence-corrected chi connectivity index (χ0v) is 21.5. The number of fused-ring (bicyclic) bond motifs is 7. The summed E-state index contributed by atoms with van der Waals surface area (Å²) in [6.07, 6.45) is 5.25. The second-order valence-corrected chi connectivity index (χ2v) is 11.6. The van der Waals surface area contributed by atoms with Crippen LogP contribution in [-0.2, 0) is 15.5 Å². The molecule has 0 radical (unpaired) electrons. The predicted molar refractivity (Wildman–Crippen MR) is 140 cm³/mol. The number of nitrogens with zero attached hydrogens (tertiary/aromatic N) is 3. The third kappa shape index (κ3) is 6.90. The molecule has 7 nitrogen and oxygen atoms in total. The average Bonchev–Trinajstić information content (AvgIpc) is 2.79. The van der Waals surface area contributed by atoms with Crippen LogP contribution in [0.3, 0.4) is 0 Å². The van der Waals surface area contributed by atoms with E-state index < -0.39 is 21.4 Å². The van der Waals surface area contributed by atoms with Crippen molar-refractivity contribution >= 4 is 27.1 Å². The number of ether oxygens (including phenoxy) is 1. The molecule has 1 aliphatic rings. The van der Waals surface area contributed by atoms with Gasteiger partial charge in [0.25, 0.3) is 0 Å². The van der Waals surface area contributed by atoms with Crippen molar-refractivity contribution in [2.24, 2.45) is 4.36 Å². The summed E-state index contributed by atoms with van der Waals surface area (Å²) in [5.41, 5.74) is 2.20. The van der Waals surface area contributed by atoms with Gasteiger partial charge in [-0.25, -0.2) is 27.3 Å². The van der Waals surface area contributed by atoms with Crippen molar-refractivity contribution in [3.8, 4) is 17.0 Å². The van der Waals surface area contributed by atoms with E-state index in [1.165, 1.54) is 12.1 Å². The van der Waals surface area contributed by atoms with Gasteiger partial charge in [-0.2, -0.15) is 0 Å². The van der Waals surface area contributed by atoms with Crippen LogP contribution in [0.2, 0.25) is 0 Å². The zero-order valence-electron chi connectivity index (χ0n) is 20.7. The molecule has 4 rings (SSSR count). The lowest BCUT2D eigenvalue weighted by Crippen LogP contribution is -2.07. The lowest BCUT2D eigenvalue weighted by atomic mass is 10.1. The number of hydrogen-bond acceptors (Lipinski definition) is 7. The van der Waals surface area contributed by atoms with Gasteiger partial charge in [0.2, 0.25) is 5.95 Å². The topological polar surface area (TPSA) is 88.5 Å². The third-order valence-electron chi connectivity index (χ3n) is 5.48. The van der Waals surface area contributed by atoms with Crippen LogP contribution in [0.4, 0.5) is 26.1 Å². The van der Waals surface area contributed by atoms with Gasteiger partial charge >= 0.3 is 0 Å². The van der Waals surface area contributed by atoms with E-state index in [0.29, 0.717) is 35.8 Å². The summed E-state index contributed by atoms with van der Waals surface area (Å²) in [7, 11) is -2.45. The van der Waals surface area contributed by atoms with Crippen LogP contribution >= 0.6 is 0 Å². The molecule has 36 heavy (non-hydrogen) atoms. The Bertz CT molecular complexity index is 1360. The number of nitrogens with one attached hydrogen (secondary N) is 2. The van der Waals surface area contributed by atoms with Gasteiger partial charge in [-0.3, -0.25) is 0 Å². The van der Waals surface area contributed by atoms with E-state index in [2.05, 4.69) is 25.0 Å². The smallest absolute Gasteiger partial charge is 0.227 e. The van der Waals surface area contributed by atoms with Gasteiger partial charge < -0.3 is 15.4 Å². The van der Waals surface area contributed by atoms with Gasteiger partial charge in [-0.05, 0) is 69.0 Å². The molecule has 0 aliphatic carbocycles. The molecule has 10 heteroatoms. The van der Waals surface area contributed by atoms with Gasteiger partial charge in [-0.15, -0.1) is 0 Å². The predicted octanol–water partition coefficient (Wildman–Crippen LogP) is 6.15. The molecule has 3 aromatic rings. The lowest BCUT2D eigenvalue weighted by molar-refractivity contribution is 0.306. The van der Waals surface area contributed by atoms with Crippen molar-refractivity contribution in [3.63, 3.8) is 0 Å². The highest BCUT2D eigenvalue weighted by Gasteiger charge is 2.14. The minimum absolute atomic E-state index is 0.0466. The maximum atomic E-state index is 14.7. The van der Waals surface area contributed by atoms with Crippen LogP contribution in [0.1, 0.15) is 38.7 Å². The molecule has 0 spiro atoms. The zero-order chi connectivity index (χ0) is 25.7. The number of hydrogen-bond donors (Lipinski definition) is 2. The van der Waals surface area contributed by atoms with Crippen molar-refractivity contribution in [2.45, 2.75) is 44.9 Å². The molecule has 0 amide bonds. The fourth-order valence-corrected chi connectivity index (χ4v) is 5.83. The van der Waals surface area contributed by atoms with Gasteiger partial charge in [0.1, 0.15) is 17.3 Å². The molecule has 192 valence electrons. The van der Waals surface area contributed by atoms with Gasteiger partial charge in [0.05, 0.1) is 30.3 Å². The molecule has 0 saturated heterocycles. The molecule has 0 saturated carbocycles. The normalized spacial score (nSPS) is 15.6. The van der Waals surface area contributed by atoms with Crippen LogP contribution in [0, 0.1) is 11.6 Å². The largest absolute Gasteiger partial charge is 0.494 e. The van der Waals surface area contributed by atoms with Crippen molar-refractivity contribution in [1.82, 2.24) is 9.97 Å². The number of halogens is 2. The first-order chi connectivity index (χ1) is 17.2. The van der Waals surface area contributed by atoms with Crippen molar-refractivity contribution in [1.29, 1.82) is 0 Å². The summed E-state index contributed by atoms with van der Waals surface area (Å²) in [5.74, 6) is 0.0225. The lowest BCUT2D eigenvalue weighted by Gasteiger charge is -2.14. The van der Waals surface area contributed by atoms with Crippen LogP contribution in [-0.4, -0.2) is 39.6 Å². The van der Waals surface area contributed by atoms with E-state index in [0.717, 1.165) is 31.0 Å². The summed E-state index contributed by atoms with van der Waals surface area (Å²) < 4.78 is 52.4. The molecular formula is C26H31F2N5O2S. The first-order valence-electron chi connectivity index (χ1n) is 12.0. The van der Waals surface area contributed by atoms with Crippen LogP contribution < -0.4 is 15.4 Å². The Morgan fingerprint density at radius 1 is 1.11 bits per heavy atom. The Hall–Kier alpha value is -3.27. The monoisotopic (exact) mass is 515 g/mol. The standard InChI is InChI=1S/C26H31F2N5O2S/c1-17(2)33-36(3,34)16-18-11-20-14-21(12-18)35-10-6-4-5-9-29-24-13-19(7-8-22(24)27)25-23(28)15-30-26(31-20)32-25/h7-8,11-15,17,29H,4-6,9-10,16H2,1-3H3,(H,30,31,32). The summed E-state index contributed by atoms with van der Waals surface area (Å²) in [6, 6.07) is 9.82. The summed E-state index contributed by atoms with van der Waals surface area (Å²) in [6.45, 7) is 4.87. The van der Waals surface area contributed by atoms with Crippen molar-refractivity contribution in [2.75, 3.05) is 30.0 Å². The number of benzene rings is 2. The number of aromatic nitrogens is 2. The molecule has 1 unspecified atom stereocenters. The molecule has 0 fully saturated rings. The van der Waals surface area contributed by atoms with Gasteiger partial charge in [0.15, 0.2) is 5.82 Å². The Morgan fingerprint density at radius 2 is 1.94 bits per heavy atom. The van der Waals surface area contributed by atoms with Gasteiger partial charge in [-0.1, -0.05) is 0 Å². The maximum absolute atomic E-state index is 14.7. The Morgan fingerprint density at radius 3 is 2.75 bits per heavy atom. The summed E-state index contributed by atoms with van der Waals surface area (Å²) in [4.78, 5) is 8.44. The van der Waals surface area contributed by atoms with E-state index in [-0.39, 0.29) is 23.4 Å². The van der Waals surface area contributed by atoms with Crippen LogP contribution in [0.5, 0.6) is 5.75 Å². The maximum Gasteiger partial charge on any atom is 0.227 e. The molecule has 6 bridgehead atoms. The minimum Gasteiger partial charge on any atom is -0.494 e. The Labute approximate surface area is 210 Å². The van der Waals surface area contributed by atoms with Gasteiger partial charge in [0, 0.05) is 39.8 Å². The van der Waals surface area contributed by atoms with Crippen LogP contribution in [0.15, 0.2) is 47.0 Å². The molecular weight excluding hydrogens is 484 g/mol. The molecule has 1 aliphatic heterocycles. The molecule has 1 atom stereocenters. The van der Waals surface area contributed by atoms with E-state index in [9.17, 15) is 13.0 Å². The number of rotatable bonds is 3. The molecule has 1 aromatic heterocycles. The molecule has 2 heterocycles. The Kier molecular flexibility index (Phi) is 8.03. The highest BCUT2D eigenvalue weighted by molar-refractivity contribution is 7.92. The molecule has 2 aromatic carbocycles. The fraction of sp³-hybridized carbons (Fsp3) is 0.385. The quantitative estimate of drug-likeness (QED) is 0.435. The van der Waals surface area contributed by atoms with E-state index >= 15 is 0 Å². The second-order valence-electron chi connectivity index (χ2n) is 9.21. The minimum atomic E-state index is -2.45. The van der Waals surface area contributed by atoms with E-state index in [4.69, 9.17) is 4.74 Å². The first kappa shape index (κ1) is 25.8. The van der Waals surface area contributed by atoms with Crippen molar-refractivity contribution < 1.29 is 17.7 Å². The van der Waals surface area contributed by atoms with Crippen LogP contribution in [0.25, 0.3) is 11.3 Å². The summed E-state index contributed by atoms with van der Waals surface area (Å²) in [5, 5.41) is 6.20. The average molecular weight is 516 g/mol. The van der Waals surface area contributed by atoms with Crippen molar-refractivity contribution in [3.05, 3.63) is 59.8 Å². The fourth-order valence-electron chi connectivity index (χ4n) is 4.08. The highest BCUT2D eigenvalue weighted by atomic mass is 32.2. The third-order valence-corrected chi connectivity index (χ3v) is 7.22.